The van der Waals surface area contributed by atoms with E-state index < -0.39 is 0 Å². The zero-order valence-electron chi connectivity index (χ0n) is 11.4. The van der Waals surface area contributed by atoms with E-state index in [2.05, 4.69) is 34.9 Å². The second-order valence-corrected chi connectivity index (χ2v) is 5.94. The number of hydrogen-bond acceptors (Lipinski definition) is 4. The third-order valence-corrected chi connectivity index (χ3v) is 4.22. The fourth-order valence-electron chi connectivity index (χ4n) is 3.10. The molecule has 2 aliphatic heterocycles. The van der Waals surface area contributed by atoms with Crippen LogP contribution in [-0.4, -0.2) is 47.2 Å². The highest BCUT2D eigenvalue weighted by Crippen LogP contribution is 2.23. The molecule has 0 bridgehead atoms. The average Bonchev–Trinajstić information content (AvgIpc) is 2.96. The van der Waals surface area contributed by atoms with Crippen LogP contribution >= 0.6 is 0 Å². The minimum atomic E-state index is 0.453. The van der Waals surface area contributed by atoms with Gasteiger partial charge in [0.15, 0.2) is 5.76 Å². The Morgan fingerprint density at radius 1 is 1.39 bits per heavy atom. The van der Waals surface area contributed by atoms with E-state index in [1.165, 1.54) is 32.5 Å². The van der Waals surface area contributed by atoms with Gasteiger partial charge >= 0.3 is 0 Å². The minimum Gasteiger partial charge on any atom is -0.360 e. The molecule has 3 rings (SSSR count). The van der Waals surface area contributed by atoms with E-state index in [9.17, 15) is 0 Å². The maximum atomic E-state index is 5.43. The maximum Gasteiger partial charge on any atom is 0.150 e. The molecule has 2 saturated heterocycles. The van der Waals surface area contributed by atoms with Crippen molar-refractivity contribution in [3.63, 3.8) is 0 Å². The third kappa shape index (κ3) is 2.45. The Bertz CT molecular complexity index is 401. The maximum absolute atomic E-state index is 5.43. The molecule has 18 heavy (non-hydrogen) atoms. The fourth-order valence-corrected chi connectivity index (χ4v) is 3.10. The average molecular weight is 249 g/mol. The van der Waals surface area contributed by atoms with Crippen LogP contribution in [0.2, 0.25) is 0 Å². The Labute approximate surface area is 109 Å². The highest BCUT2D eigenvalue weighted by Gasteiger charge is 2.30. The lowest BCUT2D eigenvalue weighted by Crippen LogP contribution is -2.49. The van der Waals surface area contributed by atoms with Crippen molar-refractivity contribution in [1.29, 1.82) is 0 Å². The van der Waals surface area contributed by atoms with Crippen molar-refractivity contribution < 1.29 is 4.52 Å². The van der Waals surface area contributed by atoms with Crippen LogP contribution in [0.4, 0.5) is 0 Å². The second kappa shape index (κ2) is 5.02. The van der Waals surface area contributed by atoms with Crippen LogP contribution in [0.25, 0.3) is 0 Å². The number of rotatable bonds is 3. The van der Waals surface area contributed by atoms with Crippen LogP contribution in [0.1, 0.15) is 44.1 Å². The molecular weight excluding hydrogens is 226 g/mol. The van der Waals surface area contributed by atoms with Gasteiger partial charge in [-0.05, 0) is 25.3 Å². The van der Waals surface area contributed by atoms with Crippen molar-refractivity contribution in [2.45, 2.75) is 45.2 Å². The van der Waals surface area contributed by atoms with Gasteiger partial charge in [-0.2, -0.15) is 0 Å². The van der Waals surface area contributed by atoms with E-state index in [1.54, 1.807) is 0 Å². The molecule has 4 nitrogen and oxygen atoms in total. The molecule has 0 aliphatic carbocycles. The summed E-state index contributed by atoms with van der Waals surface area (Å²) in [6, 6.07) is 2.90. The van der Waals surface area contributed by atoms with Gasteiger partial charge in [0.1, 0.15) is 0 Å². The molecule has 4 heteroatoms. The van der Waals surface area contributed by atoms with Crippen molar-refractivity contribution in [2.75, 3.05) is 26.2 Å². The molecule has 2 fully saturated rings. The highest BCUT2D eigenvalue weighted by atomic mass is 16.5. The first-order valence-corrected chi connectivity index (χ1v) is 7.14. The molecule has 0 unspecified atom stereocenters. The van der Waals surface area contributed by atoms with E-state index in [0.29, 0.717) is 5.92 Å². The first-order valence-electron chi connectivity index (χ1n) is 7.14. The smallest absolute Gasteiger partial charge is 0.150 e. The summed E-state index contributed by atoms with van der Waals surface area (Å²) in [7, 11) is 0. The van der Waals surface area contributed by atoms with Gasteiger partial charge in [-0.15, -0.1) is 0 Å². The molecule has 2 aliphatic rings. The van der Waals surface area contributed by atoms with Crippen LogP contribution in [0, 0.1) is 0 Å². The lowest BCUT2D eigenvalue weighted by molar-refractivity contribution is 0.0922. The van der Waals surface area contributed by atoms with Gasteiger partial charge in [0.2, 0.25) is 0 Å². The zero-order valence-corrected chi connectivity index (χ0v) is 11.4. The monoisotopic (exact) mass is 249 g/mol. The van der Waals surface area contributed by atoms with Crippen molar-refractivity contribution in [3.8, 4) is 0 Å². The molecule has 0 aromatic carbocycles. The quantitative estimate of drug-likeness (QED) is 0.821. The summed E-state index contributed by atoms with van der Waals surface area (Å²) in [4.78, 5) is 5.15. The number of nitrogens with zero attached hydrogens (tertiary/aromatic N) is 3. The van der Waals surface area contributed by atoms with E-state index in [4.69, 9.17) is 4.52 Å². The van der Waals surface area contributed by atoms with Gasteiger partial charge in [-0.1, -0.05) is 19.0 Å². The van der Waals surface area contributed by atoms with Gasteiger partial charge in [-0.3, -0.25) is 9.80 Å². The molecule has 3 heterocycles. The summed E-state index contributed by atoms with van der Waals surface area (Å²) in [5.41, 5.74) is 1.07. The van der Waals surface area contributed by atoms with E-state index in [0.717, 1.165) is 30.6 Å². The van der Waals surface area contributed by atoms with Crippen molar-refractivity contribution in [3.05, 3.63) is 17.5 Å². The summed E-state index contributed by atoms with van der Waals surface area (Å²) in [5, 5.41) is 4.14. The fraction of sp³-hybridized carbons (Fsp3) is 0.786. The van der Waals surface area contributed by atoms with Gasteiger partial charge < -0.3 is 4.52 Å². The molecule has 1 atom stereocenters. The van der Waals surface area contributed by atoms with Crippen LogP contribution in [0.5, 0.6) is 0 Å². The topological polar surface area (TPSA) is 32.5 Å². The summed E-state index contributed by atoms with van der Waals surface area (Å²) in [6.07, 6.45) is 2.74. The molecule has 0 N–H and O–H groups in total. The van der Waals surface area contributed by atoms with Gasteiger partial charge in [-0.25, -0.2) is 0 Å². The summed E-state index contributed by atoms with van der Waals surface area (Å²) in [6.45, 7) is 10.1. The SMILES string of the molecule is CC(C)c1cc(CN2CCN3CCC[C@@H]3C2)on1. The summed E-state index contributed by atoms with van der Waals surface area (Å²) in [5.74, 6) is 1.47. The lowest BCUT2D eigenvalue weighted by atomic mass is 10.1. The lowest BCUT2D eigenvalue weighted by Gasteiger charge is -2.36. The summed E-state index contributed by atoms with van der Waals surface area (Å²) < 4.78 is 5.43. The van der Waals surface area contributed by atoms with Crippen LogP contribution in [0.15, 0.2) is 10.6 Å². The molecule has 1 aromatic heterocycles. The van der Waals surface area contributed by atoms with Gasteiger partial charge in [0.25, 0.3) is 0 Å². The molecule has 0 spiro atoms. The first kappa shape index (κ1) is 12.2. The van der Waals surface area contributed by atoms with Crippen molar-refractivity contribution >= 4 is 0 Å². The Morgan fingerprint density at radius 2 is 2.28 bits per heavy atom. The third-order valence-electron chi connectivity index (χ3n) is 4.22. The Balaban J connectivity index is 1.59. The van der Waals surface area contributed by atoms with Crippen molar-refractivity contribution in [1.82, 2.24) is 15.0 Å². The van der Waals surface area contributed by atoms with Crippen LogP contribution < -0.4 is 0 Å². The van der Waals surface area contributed by atoms with E-state index >= 15 is 0 Å². The van der Waals surface area contributed by atoms with Crippen LogP contribution in [-0.2, 0) is 6.54 Å². The van der Waals surface area contributed by atoms with Crippen molar-refractivity contribution in [2.24, 2.45) is 0 Å². The van der Waals surface area contributed by atoms with E-state index in [-0.39, 0.29) is 0 Å². The second-order valence-electron chi connectivity index (χ2n) is 5.94. The molecule has 0 radical (unpaired) electrons. The Hall–Kier alpha value is -0.870. The highest BCUT2D eigenvalue weighted by molar-refractivity contribution is 5.09. The largest absolute Gasteiger partial charge is 0.360 e. The first-order chi connectivity index (χ1) is 8.72. The normalized spacial score (nSPS) is 25.8. The molecule has 1 aromatic rings. The summed E-state index contributed by atoms with van der Waals surface area (Å²) >= 11 is 0. The molecule has 100 valence electrons. The number of aromatic nitrogens is 1. The minimum absolute atomic E-state index is 0.453. The molecular formula is C14H23N3O. The van der Waals surface area contributed by atoms with Gasteiger partial charge in [0.05, 0.1) is 12.2 Å². The molecule has 0 saturated carbocycles. The van der Waals surface area contributed by atoms with Gasteiger partial charge in [0, 0.05) is 31.7 Å². The number of piperazine rings is 1. The standard InChI is InChI=1S/C14H23N3O/c1-11(2)14-8-13(18-15-14)10-16-6-7-17-5-3-4-12(17)9-16/h8,11-12H,3-7,9-10H2,1-2H3/t12-/m1/s1. The molecule has 0 amide bonds. The predicted molar refractivity (Wildman–Crippen MR) is 70.5 cm³/mol. The zero-order chi connectivity index (χ0) is 12.5. The Kier molecular flexibility index (Phi) is 3.39. The van der Waals surface area contributed by atoms with Crippen LogP contribution in [0.3, 0.4) is 0 Å². The number of hydrogen-bond donors (Lipinski definition) is 0. The predicted octanol–water partition coefficient (Wildman–Crippen LogP) is 2.08. The number of fused-ring (bicyclic) bond motifs is 1. The Morgan fingerprint density at radius 3 is 3.06 bits per heavy atom. The van der Waals surface area contributed by atoms with E-state index in [1.807, 2.05) is 0 Å².